The molecule has 268 valence electrons. The molecule has 10 aromatic rings. The van der Waals surface area contributed by atoms with Gasteiger partial charge in [-0.15, -0.1) is 0 Å². The fourth-order valence-electron chi connectivity index (χ4n) is 8.11. The van der Waals surface area contributed by atoms with Crippen LogP contribution in [0.5, 0.6) is 0 Å². The van der Waals surface area contributed by atoms with Gasteiger partial charge in [-0.3, -0.25) is 0 Å². The first-order valence-corrected chi connectivity index (χ1v) is 19.6. The molecule has 0 amide bonds. The number of benzene rings is 10. The molecule has 0 spiro atoms. The quantitative estimate of drug-likeness (QED) is 0.141. The minimum Gasteiger partial charge on any atom is -0.311 e. The van der Waals surface area contributed by atoms with Gasteiger partial charge in [-0.05, 0) is 126 Å². The van der Waals surface area contributed by atoms with E-state index in [0.717, 1.165) is 17.1 Å². The summed E-state index contributed by atoms with van der Waals surface area (Å²) in [6.45, 7) is 0. The van der Waals surface area contributed by atoms with Crippen LogP contribution in [0.3, 0.4) is 0 Å². The first-order chi connectivity index (χ1) is 28.2. The van der Waals surface area contributed by atoms with Crippen LogP contribution in [0.1, 0.15) is 0 Å². The molecule has 0 unspecified atom stereocenters. The van der Waals surface area contributed by atoms with E-state index in [2.05, 4.69) is 241 Å². The zero-order valence-electron chi connectivity index (χ0n) is 31.5. The number of rotatable bonds is 8. The van der Waals surface area contributed by atoms with Crippen molar-refractivity contribution in [1.29, 1.82) is 0 Å². The molecule has 0 bridgehead atoms. The van der Waals surface area contributed by atoms with E-state index >= 15 is 0 Å². The van der Waals surface area contributed by atoms with Crippen molar-refractivity contribution in [2.75, 3.05) is 4.90 Å². The molecule has 0 N–H and O–H groups in total. The molecule has 1 nitrogen and oxygen atoms in total. The second kappa shape index (κ2) is 15.0. The molecule has 0 aliphatic carbocycles. The predicted molar refractivity (Wildman–Crippen MR) is 243 cm³/mol. The summed E-state index contributed by atoms with van der Waals surface area (Å²) >= 11 is 0. The predicted octanol–water partition coefficient (Wildman–Crippen LogP) is 15.8. The van der Waals surface area contributed by atoms with Gasteiger partial charge >= 0.3 is 0 Å². The summed E-state index contributed by atoms with van der Waals surface area (Å²) in [4.78, 5) is 2.34. The van der Waals surface area contributed by atoms with Gasteiger partial charge < -0.3 is 4.90 Å². The third kappa shape index (κ3) is 6.77. The highest BCUT2D eigenvalue weighted by Gasteiger charge is 2.15. The molecule has 0 heterocycles. The Balaban J connectivity index is 0.969. The maximum Gasteiger partial charge on any atom is 0.0462 e. The van der Waals surface area contributed by atoms with Crippen LogP contribution in [0, 0.1) is 0 Å². The smallest absolute Gasteiger partial charge is 0.0462 e. The van der Waals surface area contributed by atoms with Crippen LogP contribution in [0.25, 0.3) is 77.2 Å². The third-order valence-electron chi connectivity index (χ3n) is 11.1. The average molecular weight is 726 g/mol. The van der Waals surface area contributed by atoms with Crippen LogP contribution >= 0.6 is 0 Å². The zero-order valence-corrected chi connectivity index (χ0v) is 31.5. The Morgan fingerprint density at radius 1 is 0.211 bits per heavy atom. The second-order valence-electron chi connectivity index (χ2n) is 14.6. The number of fused-ring (bicyclic) bond motifs is 3. The molecule has 0 aliphatic heterocycles. The highest BCUT2D eigenvalue weighted by Crippen LogP contribution is 2.40. The van der Waals surface area contributed by atoms with Gasteiger partial charge in [0.25, 0.3) is 0 Å². The molecule has 0 aliphatic rings. The molecule has 10 aromatic carbocycles. The van der Waals surface area contributed by atoms with E-state index in [4.69, 9.17) is 0 Å². The summed E-state index contributed by atoms with van der Waals surface area (Å²) in [5, 5.41) is 5.09. The lowest BCUT2D eigenvalue weighted by atomic mass is 9.91. The zero-order chi connectivity index (χ0) is 38.0. The van der Waals surface area contributed by atoms with Crippen molar-refractivity contribution in [3.63, 3.8) is 0 Å². The molecule has 10 rings (SSSR count). The first-order valence-electron chi connectivity index (χ1n) is 19.6. The van der Waals surface area contributed by atoms with Gasteiger partial charge in [-0.1, -0.05) is 188 Å². The van der Waals surface area contributed by atoms with Crippen LogP contribution in [0.2, 0.25) is 0 Å². The number of hydrogen-bond acceptors (Lipinski definition) is 1. The Morgan fingerprint density at radius 3 is 1.04 bits per heavy atom. The van der Waals surface area contributed by atoms with Crippen molar-refractivity contribution in [2.24, 2.45) is 0 Å². The van der Waals surface area contributed by atoms with E-state index in [1.807, 2.05) is 0 Å². The molecule has 0 atom stereocenters. The maximum atomic E-state index is 2.36. The van der Waals surface area contributed by atoms with Gasteiger partial charge in [0.2, 0.25) is 0 Å². The molecule has 0 saturated heterocycles. The lowest BCUT2D eigenvalue weighted by molar-refractivity contribution is 1.28. The van der Waals surface area contributed by atoms with E-state index in [1.54, 1.807) is 0 Å². The Kier molecular flexibility index (Phi) is 8.95. The van der Waals surface area contributed by atoms with Crippen LogP contribution in [-0.4, -0.2) is 0 Å². The van der Waals surface area contributed by atoms with Crippen LogP contribution < -0.4 is 4.90 Å². The van der Waals surface area contributed by atoms with Gasteiger partial charge in [0, 0.05) is 17.1 Å². The van der Waals surface area contributed by atoms with E-state index in [-0.39, 0.29) is 0 Å². The summed E-state index contributed by atoms with van der Waals surface area (Å²) in [5.41, 5.74) is 15.4. The van der Waals surface area contributed by atoms with E-state index in [0.29, 0.717) is 0 Å². The van der Waals surface area contributed by atoms with Crippen molar-refractivity contribution in [3.8, 4) is 55.6 Å². The summed E-state index contributed by atoms with van der Waals surface area (Å²) in [7, 11) is 0. The lowest BCUT2D eigenvalue weighted by Gasteiger charge is -2.26. The molecule has 0 aromatic heterocycles. The largest absolute Gasteiger partial charge is 0.311 e. The number of nitrogens with zero attached hydrogens (tertiary/aromatic N) is 1. The van der Waals surface area contributed by atoms with Crippen molar-refractivity contribution >= 4 is 38.6 Å². The summed E-state index contributed by atoms with van der Waals surface area (Å²) in [6, 6.07) is 85.5. The van der Waals surface area contributed by atoms with Crippen molar-refractivity contribution in [2.45, 2.75) is 0 Å². The number of hydrogen-bond donors (Lipinski definition) is 0. The van der Waals surface area contributed by atoms with Gasteiger partial charge in [-0.2, -0.15) is 0 Å². The molecular formula is C56H39N. The SMILES string of the molecule is c1ccc(-c2ccc(N(c3ccc(-c4ccccc4)cc3)c3ccc(-c4ccc(-c5ccc6c(c5)c(-c5ccccc5)cc5ccccc56)cc4)cc3)cc2)cc1. The molecule has 0 fully saturated rings. The summed E-state index contributed by atoms with van der Waals surface area (Å²) < 4.78 is 0. The van der Waals surface area contributed by atoms with E-state index in [9.17, 15) is 0 Å². The first kappa shape index (κ1) is 34.0. The summed E-state index contributed by atoms with van der Waals surface area (Å²) in [5.74, 6) is 0. The van der Waals surface area contributed by atoms with Crippen molar-refractivity contribution in [3.05, 3.63) is 237 Å². The fourth-order valence-corrected chi connectivity index (χ4v) is 8.11. The standard InChI is InChI=1S/C56H39N/c1-4-12-40(13-5-1)43-24-31-50(32-25-43)57(51-33-26-44(27-34-51)41-14-6-2-7-15-41)52-35-28-45(29-36-52)42-20-22-46(23-21-42)48-30-37-54-53-19-11-10-18-49(53)39-55(56(54)38-48)47-16-8-3-9-17-47/h1-39H. The van der Waals surface area contributed by atoms with Crippen LogP contribution in [0.15, 0.2) is 237 Å². The minimum absolute atomic E-state index is 1.10. The highest BCUT2D eigenvalue weighted by molar-refractivity contribution is 6.14. The monoisotopic (exact) mass is 725 g/mol. The second-order valence-corrected chi connectivity index (χ2v) is 14.6. The molecule has 0 radical (unpaired) electrons. The fraction of sp³-hybridized carbons (Fsp3) is 0. The van der Waals surface area contributed by atoms with Crippen molar-refractivity contribution < 1.29 is 0 Å². The van der Waals surface area contributed by atoms with Crippen molar-refractivity contribution in [1.82, 2.24) is 0 Å². The molecular weight excluding hydrogens is 687 g/mol. The number of anilines is 3. The lowest BCUT2D eigenvalue weighted by Crippen LogP contribution is -2.09. The van der Waals surface area contributed by atoms with Gasteiger partial charge in [0.1, 0.15) is 0 Å². The van der Waals surface area contributed by atoms with E-state index in [1.165, 1.54) is 77.2 Å². The topological polar surface area (TPSA) is 3.24 Å². The highest BCUT2D eigenvalue weighted by atomic mass is 15.1. The average Bonchev–Trinajstić information content (AvgIpc) is 3.30. The Bertz CT molecular complexity index is 2850. The van der Waals surface area contributed by atoms with Crippen LogP contribution in [-0.2, 0) is 0 Å². The Morgan fingerprint density at radius 2 is 0.561 bits per heavy atom. The van der Waals surface area contributed by atoms with Gasteiger partial charge in [0.05, 0.1) is 0 Å². The normalized spacial score (nSPS) is 11.2. The van der Waals surface area contributed by atoms with E-state index < -0.39 is 0 Å². The van der Waals surface area contributed by atoms with Gasteiger partial charge in [0.15, 0.2) is 0 Å². The molecule has 0 saturated carbocycles. The van der Waals surface area contributed by atoms with Crippen LogP contribution in [0.4, 0.5) is 17.1 Å². The Hall–Kier alpha value is -7.48. The van der Waals surface area contributed by atoms with Gasteiger partial charge in [-0.25, -0.2) is 0 Å². The molecule has 57 heavy (non-hydrogen) atoms. The summed E-state index contributed by atoms with van der Waals surface area (Å²) in [6.07, 6.45) is 0. The minimum atomic E-state index is 1.10. The third-order valence-corrected chi connectivity index (χ3v) is 11.1. The Labute approximate surface area is 334 Å². The molecule has 1 heteroatoms. The maximum absolute atomic E-state index is 2.36.